The van der Waals surface area contributed by atoms with Crippen molar-refractivity contribution in [3.05, 3.63) is 52.9 Å². The number of hydrogen-bond acceptors (Lipinski definition) is 4. The molecule has 1 aromatic heterocycles. The van der Waals surface area contributed by atoms with E-state index in [-0.39, 0.29) is 6.61 Å². The number of hydrogen-bond donors (Lipinski definition) is 1. The van der Waals surface area contributed by atoms with Crippen LogP contribution in [0.5, 0.6) is 5.75 Å². The van der Waals surface area contributed by atoms with Crippen LogP contribution in [-0.2, 0) is 6.54 Å². The van der Waals surface area contributed by atoms with Gasteiger partial charge in [-0.05, 0) is 56.3 Å². The van der Waals surface area contributed by atoms with Crippen molar-refractivity contribution in [1.29, 1.82) is 0 Å². The van der Waals surface area contributed by atoms with Crippen LogP contribution in [0.15, 0.2) is 40.8 Å². The maximum Gasteiger partial charge on any atom is 0.119 e. The number of halogens is 1. The molecule has 0 aliphatic carbocycles. The highest BCUT2D eigenvalue weighted by Crippen LogP contribution is 2.16. The molecule has 1 N–H and O–H groups in total. The molecule has 0 spiro atoms. The smallest absolute Gasteiger partial charge is 0.119 e. The number of aliphatic hydroxyl groups excluding tert-OH is 1. The van der Waals surface area contributed by atoms with Gasteiger partial charge in [-0.15, -0.1) is 0 Å². The molecular weight excluding hydrogens is 314 g/mol. The Morgan fingerprint density at radius 3 is 2.57 bits per heavy atom. The van der Waals surface area contributed by atoms with Crippen molar-refractivity contribution in [3.8, 4) is 5.75 Å². The summed E-state index contributed by atoms with van der Waals surface area (Å²) in [5.74, 6) is 2.53. The molecule has 0 aliphatic heterocycles. The molecule has 1 heterocycles. The maximum atomic E-state index is 10.2. The fraction of sp³-hybridized carbons (Fsp3) is 0.444. The van der Waals surface area contributed by atoms with E-state index in [1.807, 2.05) is 19.1 Å². The number of aliphatic hydroxyl groups is 1. The van der Waals surface area contributed by atoms with Crippen LogP contribution in [0.3, 0.4) is 0 Å². The fourth-order valence-electron chi connectivity index (χ4n) is 2.42. The third-order valence-electron chi connectivity index (χ3n) is 3.44. The van der Waals surface area contributed by atoms with Gasteiger partial charge in [0.15, 0.2) is 0 Å². The summed E-state index contributed by atoms with van der Waals surface area (Å²) in [6.45, 7) is 6.44. The zero-order valence-corrected chi connectivity index (χ0v) is 14.4. The topological polar surface area (TPSA) is 45.8 Å². The van der Waals surface area contributed by atoms with Crippen LogP contribution in [0.4, 0.5) is 0 Å². The van der Waals surface area contributed by atoms with Crippen molar-refractivity contribution in [2.75, 3.05) is 19.7 Å². The van der Waals surface area contributed by atoms with Gasteiger partial charge in [0.05, 0.1) is 6.54 Å². The molecule has 0 radical (unpaired) electrons. The Labute approximate surface area is 142 Å². The molecule has 5 heteroatoms. The monoisotopic (exact) mass is 337 g/mol. The van der Waals surface area contributed by atoms with E-state index in [1.165, 1.54) is 0 Å². The van der Waals surface area contributed by atoms with Gasteiger partial charge in [0, 0.05) is 11.6 Å². The van der Waals surface area contributed by atoms with E-state index in [1.54, 1.807) is 24.3 Å². The summed E-state index contributed by atoms with van der Waals surface area (Å²) in [5.41, 5.74) is 0. The normalized spacial score (nSPS) is 12.6. The summed E-state index contributed by atoms with van der Waals surface area (Å²) in [7, 11) is 0. The SMILES string of the molecule is CCCN(Cc1ccc(C)o1)CC(O)COc1ccc(Cl)cc1. The second kappa shape index (κ2) is 8.96. The first-order chi connectivity index (χ1) is 11.1. The second-order valence-corrected chi connectivity index (χ2v) is 6.10. The third-order valence-corrected chi connectivity index (χ3v) is 3.69. The molecule has 23 heavy (non-hydrogen) atoms. The minimum Gasteiger partial charge on any atom is -0.491 e. The second-order valence-electron chi connectivity index (χ2n) is 5.67. The van der Waals surface area contributed by atoms with Gasteiger partial charge in [0.2, 0.25) is 0 Å². The summed E-state index contributed by atoms with van der Waals surface area (Å²) in [4.78, 5) is 2.17. The first kappa shape index (κ1) is 17.9. The molecule has 1 aromatic carbocycles. The molecule has 2 rings (SSSR count). The van der Waals surface area contributed by atoms with Gasteiger partial charge in [-0.3, -0.25) is 4.90 Å². The number of aryl methyl sites for hydroxylation is 1. The molecule has 126 valence electrons. The molecule has 0 aliphatic rings. The molecule has 0 saturated heterocycles. The van der Waals surface area contributed by atoms with Crippen LogP contribution in [0.1, 0.15) is 24.9 Å². The number of ether oxygens (including phenoxy) is 1. The van der Waals surface area contributed by atoms with Crippen LogP contribution in [0.2, 0.25) is 5.02 Å². The lowest BCUT2D eigenvalue weighted by Crippen LogP contribution is -2.35. The van der Waals surface area contributed by atoms with E-state index >= 15 is 0 Å². The zero-order chi connectivity index (χ0) is 16.7. The highest BCUT2D eigenvalue weighted by Gasteiger charge is 2.14. The van der Waals surface area contributed by atoms with E-state index in [2.05, 4.69) is 11.8 Å². The average molecular weight is 338 g/mol. The van der Waals surface area contributed by atoms with E-state index in [4.69, 9.17) is 20.8 Å². The lowest BCUT2D eigenvalue weighted by molar-refractivity contribution is 0.0632. The Balaban J connectivity index is 1.82. The summed E-state index contributed by atoms with van der Waals surface area (Å²) in [5, 5.41) is 10.9. The fourth-order valence-corrected chi connectivity index (χ4v) is 2.54. The number of rotatable bonds is 9. The first-order valence-electron chi connectivity index (χ1n) is 7.91. The molecule has 1 atom stereocenters. The van der Waals surface area contributed by atoms with Crippen LogP contribution in [-0.4, -0.2) is 35.8 Å². The minimum atomic E-state index is -0.562. The van der Waals surface area contributed by atoms with Crippen molar-refractivity contribution in [2.24, 2.45) is 0 Å². The molecule has 1 unspecified atom stereocenters. The van der Waals surface area contributed by atoms with E-state index in [9.17, 15) is 5.11 Å². The molecule has 0 fully saturated rings. The molecule has 2 aromatic rings. The Hall–Kier alpha value is -1.49. The van der Waals surface area contributed by atoms with Gasteiger partial charge in [-0.1, -0.05) is 18.5 Å². The Bertz CT molecular complexity index is 582. The summed E-state index contributed by atoms with van der Waals surface area (Å²) in [6, 6.07) is 11.1. The van der Waals surface area contributed by atoms with Crippen LogP contribution < -0.4 is 4.74 Å². The van der Waals surface area contributed by atoms with Crippen molar-refractivity contribution in [2.45, 2.75) is 32.9 Å². The number of furan rings is 1. The van der Waals surface area contributed by atoms with Gasteiger partial charge >= 0.3 is 0 Å². The largest absolute Gasteiger partial charge is 0.491 e. The molecule has 0 bridgehead atoms. The van der Waals surface area contributed by atoms with E-state index < -0.39 is 6.10 Å². The van der Waals surface area contributed by atoms with Crippen LogP contribution in [0.25, 0.3) is 0 Å². The maximum absolute atomic E-state index is 10.2. The van der Waals surface area contributed by atoms with Gasteiger partial charge < -0.3 is 14.3 Å². The summed E-state index contributed by atoms with van der Waals surface area (Å²) < 4.78 is 11.2. The molecular formula is C18H24ClNO3. The van der Waals surface area contributed by atoms with Gasteiger partial charge in [0.1, 0.15) is 30.0 Å². The minimum absolute atomic E-state index is 0.249. The third kappa shape index (κ3) is 6.26. The predicted octanol–water partition coefficient (Wildman–Crippen LogP) is 3.89. The lowest BCUT2D eigenvalue weighted by atomic mass is 10.3. The summed E-state index contributed by atoms with van der Waals surface area (Å²) >= 11 is 5.84. The Kier molecular flexibility index (Phi) is 6.96. The van der Waals surface area contributed by atoms with Crippen molar-refractivity contribution in [1.82, 2.24) is 4.90 Å². The molecule has 4 nitrogen and oxygen atoms in total. The quantitative estimate of drug-likeness (QED) is 0.754. The van der Waals surface area contributed by atoms with Crippen LogP contribution in [0, 0.1) is 6.92 Å². The highest BCUT2D eigenvalue weighted by atomic mass is 35.5. The van der Waals surface area contributed by atoms with Crippen molar-refractivity contribution < 1.29 is 14.3 Å². The number of benzene rings is 1. The predicted molar refractivity (Wildman–Crippen MR) is 92.0 cm³/mol. The zero-order valence-electron chi connectivity index (χ0n) is 13.7. The number of nitrogens with zero attached hydrogens (tertiary/aromatic N) is 1. The van der Waals surface area contributed by atoms with E-state index in [0.717, 1.165) is 24.5 Å². The Morgan fingerprint density at radius 2 is 1.96 bits per heavy atom. The van der Waals surface area contributed by atoms with Crippen molar-refractivity contribution >= 4 is 11.6 Å². The van der Waals surface area contributed by atoms with Gasteiger partial charge in [0.25, 0.3) is 0 Å². The van der Waals surface area contributed by atoms with Crippen molar-refractivity contribution in [3.63, 3.8) is 0 Å². The molecule has 0 saturated carbocycles. The first-order valence-corrected chi connectivity index (χ1v) is 8.28. The summed E-state index contributed by atoms with van der Waals surface area (Å²) in [6.07, 6.45) is 0.457. The highest BCUT2D eigenvalue weighted by molar-refractivity contribution is 6.30. The standard InChI is InChI=1S/C18H24ClNO3/c1-3-10-20(12-18-7-4-14(2)23-18)11-16(21)13-22-17-8-5-15(19)6-9-17/h4-9,16,21H,3,10-13H2,1-2H3. The lowest BCUT2D eigenvalue weighted by Gasteiger charge is -2.23. The van der Waals surface area contributed by atoms with Gasteiger partial charge in [-0.2, -0.15) is 0 Å². The van der Waals surface area contributed by atoms with Gasteiger partial charge in [-0.25, -0.2) is 0 Å². The van der Waals surface area contributed by atoms with E-state index in [0.29, 0.717) is 23.9 Å². The Morgan fingerprint density at radius 1 is 1.22 bits per heavy atom. The molecule has 0 amide bonds. The van der Waals surface area contributed by atoms with Crippen LogP contribution >= 0.6 is 11.6 Å². The average Bonchev–Trinajstić information content (AvgIpc) is 2.92.